The molecule has 0 aliphatic carbocycles. The highest BCUT2D eigenvalue weighted by Gasteiger charge is 2.07. The smallest absolute Gasteiger partial charge is 0.145 e. The summed E-state index contributed by atoms with van der Waals surface area (Å²) in [5.74, 6) is 0.809. The molecule has 1 heterocycles. The zero-order valence-corrected chi connectivity index (χ0v) is 13.1. The highest BCUT2D eigenvalue weighted by Crippen LogP contribution is 2.27. The van der Waals surface area contributed by atoms with Crippen molar-refractivity contribution >= 4 is 0 Å². The van der Waals surface area contributed by atoms with Gasteiger partial charge in [0, 0.05) is 17.8 Å². The maximum atomic E-state index is 5.37. The summed E-state index contributed by atoms with van der Waals surface area (Å²) in [6.45, 7) is 5.49. The van der Waals surface area contributed by atoms with Crippen LogP contribution in [0.2, 0.25) is 0 Å². The van der Waals surface area contributed by atoms with Gasteiger partial charge >= 0.3 is 0 Å². The zero-order chi connectivity index (χ0) is 15.1. The summed E-state index contributed by atoms with van der Waals surface area (Å²) >= 11 is 0. The lowest BCUT2D eigenvalue weighted by Crippen LogP contribution is -2.28. The second kappa shape index (κ2) is 7.79. The van der Waals surface area contributed by atoms with Crippen LogP contribution in [0, 0.1) is 0 Å². The van der Waals surface area contributed by atoms with E-state index in [0.717, 1.165) is 30.0 Å². The monoisotopic (exact) mass is 284 g/mol. The zero-order valence-electron chi connectivity index (χ0n) is 13.1. The number of hydrogen-bond donors (Lipinski definition) is 1. The van der Waals surface area contributed by atoms with Crippen LogP contribution in [0.4, 0.5) is 0 Å². The maximum Gasteiger partial charge on any atom is 0.145 e. The van der Waals surface area contributed by atoms with Gasteiger partial charge < -0.3 is 10.1 Å². The van der Waals surface area contributed by atoms with Crippen molar-refractivity contribution in [2.45, 2.75) is 32.7 Å². The van der Waals surface area contributed by atoms with Crippen LogP contribution >= 0.6 is 0 Å². The summed E-state index contributed by atoms with van der Waals surface area (Å²) in [6, 6.07) is 12.9. The average molecular weight is 284 g/mol. The Bertz CT molecular complexity index is 551. The molecule has 0 bridgehead atoms. The van der Waals surface area contributed by atoms with Crippen molar-refractivity contribution < 1.29 is 4.74 Å². The first-order chi connectivity index (χ1) is 10.2. The van der Waals surface area contributed by atoms with E-state index in [1.54, 1.807) is 13.3 Å². The first-order valence-corrected chi connectivity index (χ1v) is 7.56. The predicted molar refractivity (Wildman–Crippen MR) is 87.7 cm³/mol. The van der Waals surface area contributed by atoms with Crippen LogP contribution in [0.1, 0.15) is 25.8 Å². The number of methoxy groups -OCH3 is 1. The molecule has 3 nitrogen and oxygen atoms in total. The van der Waals surface area contributed by atoms with E-state index in [1.807, 2.05) is 12.1 Å². The third kappa shape index (κ3) is 4.30. The molecule has 2 aromatic rings. The van der Waals surface area contributed by atoms with Crippen LogP contribution in [0.5, 0.6) is 5.75 Å². The molecule has 112 valence electrons. The summed E-state index contributed by atoms with van der Waals surface area (Å²) in [4.78, 5) is 4.41. The van der Waals surface area contributed by atoms with Crippen molar-refractivity contribution in [2.75, 3.05) is 13.7 Å². The third-order valence-corrected chi connectivity index (χ3v) is 3.50. The van der Waals surface area contributed by atoms with E-state index in [1.165, 1.54) is 12.0 Å². The Morgan fingerprint density at radius 1 is 1.19 bits per heavy atom. The fourth-order valence-corrected chi connectivity index (χ4v) is 2.39. The standard InChI is InChI=1S/C18H24N2O/c1-4-11-19-14(2)13-15-7-9-16(10-8-15)18-17(21-3)6-5-12-20-18/h5-10,12,14,19H,4,11,13H2,1-3H3. The lowest BCUT2D eigenvalue weighted by atomic mass is 10.0. The van der Waals surface area contributed by atoms with Gasteiger partial charge in [-0.1, -0.05) is 31.2 Å². The number of ether oxygens (including phenoxy) is 1. The molecule has 0 saturated heterocycles. The van der Waals surface area contributed by atoms with Gasteiger partial charge in [0.15, 0.2) is 0 Å². The van der Waals surface area contributed by atoms with E-state index in [2.05, 4.69) is 48.4 Å². The molecule has 0 saturated carbocycles. The lowest BCUT2D eigenvalue weighted by Gasteiger charge is -2.13. The molecule has 3 heteroatoms. The van der Waals surface area contributed by atoms with Crippen LogP contribution in [0.15, 0.2) is 42.6 Å². The molecule has 21 heavy (non-hydrogen) atoms. The molecule has 0 fully saturated rings. The molecule has 1 aromatic carbocycles. The molecule has 1 atom stereocenters. The van der Waals surface area contributed by atoms with Gasteiger partial charge in [-0.15, -0.1) is 0 Å². The second-order valence-corrected chi connectivity index (χ2v) is 5.31. The molecule has 0 amide bonds. The number of hydrogen-bond acceptors (Lipinski definition) is 3. The molecule has 0 aliphatic rings. The SMILES string of the molecule is CCCNC(C)Cc1ccc(-c2ncccc2OC)cc1. The van der Waals surface area contributed by atoms with Crippen molar-refractivity contribution in [2.24, 2.45) is 0 Å². The summed E-state index contributed by atoms with van der Waals surface area (Å²) < 4.78 is 5.37. The Labute approximate surface area is 127 Å². The van der Waals surface area contributed by atoms with E-state index in [-0.39, 0.29) is 0 Å². The second-order valence-electron chi connectivity index (χ2n) is 5.31. The number of pyridine rings is 1. The highest BCUT2D eigenvalue weighted by molar-refractivity contribution is 5.66. The Morgan fingerprint density at radius 3 is 2.62 bits per heavy atom. The molecular formula is C18H24N2O. The average Bonchev–Trinajstić information content (AvgIpc) is 2.53. The summed E-state index contributed by atoms with van der Waals surface area (Å²) in [6.07, 6.45) is 4.00. The van der Waals surface area contributed by atoms with Gasteiger partial charge in [-0.3, -0.25) is 4.98 Å². The quantitative estimate of drug-likeness (QED) is 0.842. The minimum absolute atomic E-state index is 0.500. The summed E-state index contributed by atoms with van der Waals surface area (Å²) in [7, 11) is 1.68. The van der Waals surface area contributed by atoms with Gasteiger partial charge in [0.05, 0.1) is 7.11 Å². The van der Waals surface area contributed by atoms with E-state index >= 15 is 0 Å². The summed E-state index contributed by atoms with van der Waals surface area (Å²) in [5.41, 5.74) is 3.32. The van der Waals surface area contributed by atoms with Gasteiger partial charge in [-0.05, 0) is 44.0 Å². The van der Waals surface area contributed by atoms with Crippen LogP contribution < -0.4 is 10.1 Å². The maximum absolute atomic E-state index is 5.37. The van der Waals surface area contributed by atoms with E-state index in [9.17, 15) is 0 Å². The largest absolute Gasteiger partial charge is 0.494 e. The van der Waals surface area contributed by atoms with Gasteiger partial charge in [0.2, 0.25) is 0 Å². The third-order valence-electron chi connectivity index (χ3n) is 3.50. The van der Waals surface area contributed by atoms with Crippen LogP contribution in [0.25, 0.3) is 11.3 Å². The molecule has 0 radical (unpaired) electrons. The predicted octanol–water partition coefficient (Wildman–Crippen LogP) is 3.69. The Hall–Kier alpha value is -1.87. The molecule has 2 rings (SSSR count). The molecular weight excluding hydrogens is 260 g/mol. The van der Waals surface area contributed by atoms with Gasteiger partial charge in [-0.25, -0.2) is 0 Å². The molecule has 1 N–H and O–H groups in total. The van der Waals surface area contributed by atoms with E-state index < -0.39 is 0 Å². The molecule has 1 unspecified atom stereocenters. The number of rotatable bonds is 7. The lowest BCUT2D eigenvalue weighted by molar-refractivity contribution is 0.415. The molecule has 0 spiro atoms. The highest BCUT2D eigenvalue weighted by atomic mass is 16.5. The minimum Gasteiger partial charge on any atom is -0.494 e. The van der Waals surface area contributed by atoms with Crippen molar-refractivity contribution in [3.63, 3.8) is 0 Å². The topological polar surface area (TPSA) is 34.2 Å². The van der Waals surface area contributed by atoms with Crippen molar-refractivity contribution in [3.8, 4) is 17.0 Å². The van der Waals surface area contributed by atoms with E-state index in [4.69, 9.17) is 4.74 Å². The minimum atomic E-state index is 0.500. The summed E-state index contributed by atoms with van der Waals surface area (Å²) in [5, 5.41) is 3.51. The van der Waals surface area contributed by atoms with Crippen LogP contribution in [-0.4, -0.2) is 24.7 Å². The van der Waals surface area contributed by atoms with E-state index in [0.29, 0.717) is 6.04 Å². The van der Waals surface area contributed by atoms with Gasteiger partial charge in [0.25, 0.3) is 0 Å². The number of aromatic nitrogens is 1. The van der Waals surface area contributed by atoms with Gasteiger partial charge in [-0.2, -0.15) is 0 Å². The van der Waals surface area contributed by atoms with Crippen LogP contribution in [-0.2, 0) is 6.42 Å². The van der Waals surface area contributed by atoms with Crippen molar-refractivity contribution in [3.05, 3.63) is 48.2 Å². The number of benzene rings is 1. The first kappa shape index (κ1) is 15.5. The molecule has 1 aromatic heterocycles. The normalized spacial score (nSPS) is 12.1. The van der Waals surface area contributed by atoms with Crippen molar-refractivity contribution in [1.29, 1.82) is 0 Å². The fourth-order valence-electron chi connectivity index (χ4n) is 2.39. The number of nitrogens with zero attached hydrogens (tertiary/aromatic N) is 1. The van der Waals surface area contributed by atoms with Gasteiger partial charge in [0.1, 0.15) is 11.4 Å². The number of nitrogens with one attached hydrogen (secondary N) is 1. The Morgan fingerprint density at radius 2 is 1.95 bits per heavy atom. The molecule has 0 aliphatic heterocycles. The Kier molecular flexibility index (Phi) is 5.76. The van der Waals surface area contributed by atoms with Crippen molar-refractivity contribution in [1.82, 2.24) is 10.3 Å². The first-order valence-electron chi connectivity index (χ1n) is 7.56. The Balaban J connectivity index is 2.08. The van der Waals surface area contributed by atoms with Crippen LogP contribution in [0.3, 0.4) is 0 Å². The fraction of sp³-hybridized carbons (Fsp3) is 0.389.